The highest BCUT2D eigenvalue weighted by molar-refractivity contribution is 6.28. The predicted octanol–water partition coefficient (Wildman–Crippen LogP) is 19.9. The first-order valence-corrected chi connectivity index (χ1v) is 24.7. The summed E-state index contributed by atoms with van der Waals surface area (Å²) in [6, 6.07) is 106. The standard InChI is InChI=1S/C70H48N2/c1-7-19-49(20-8-1)51-31-39-60(40-32-51)71(58-27-15-5-16-28-58)67-46-38-56-36-44-63-62(43-35-55-37-45-64(67)69(56)68(55)63)54-33-41-61(42-34-54)72(59-29-17-6-18-30-59)70-65(52-23-11-3-12-24-52)47-57(50-21-9-2-10-22-50)48-66(70)53-25-13-4-14-26-53/h1-48H. The first kappa shape index (κ1) is 42.6. The smallest absolute Gasteiger partial charge is 0.0618 e. The Kier molecular flexibility index (Phi) is 10.9. The molecule has 13 aromatic rings. The Labute approximate surface area is 420 Å². The molecule has 0 fully saturated rings. The molecule has 0 N–H and O–H groups in total. The molecule has 13 aromatic carbocycles. The highest BCUT2D eigenvalue weighted by Crippen LogP contribution is 2.50. The molecular formula is C70H48N2. The van der Waals surface area contributed by atoms with Gasteiger partial charge in [0, 0.05) is 39.3 Å². The minimum atomic E-state index is 1.08. The van der Waals surface area contributed by atoms with E-state index in [2.05, 4.69) is 301 Å². The fraction of sp³-hybridized carbons (Fsp3) is 0. The van der Waals surface area contributed by atoms with E-state index >= 15 is 0 Å². The van der Waals surface area contributed by atoms with Gasteiger partial charge >= 0.3 is 0 Å². The number of hydrogen-bond donors (Lipinski definition) is 0. The van der Waals surface area contributed by atoms with E-state index in [1.807, 2.05) is 0 Å². The first-order valence-electron chi connectivity index (χ1n) is 24.7. The number of hydrogen-bond acceptors (Lipinski definition) is 2. The molecular weight excluding hydrogens is 869 g/mol. The maximum absolute atomic E-state index is 2.45. The Bertz CT molecular complexity index is 3910. The Morgan fingerprint density at radius 3 is 1.08 bits per heavy atom. The van der Waals surface area contributed by atoms with Crippen molar-refractivity contribution in [3.8, 4) is 55.6 Å². The number of para-hydroxylation sites is 2. The molecule has 0 atom stereocenters. The Hall–Kier alpha value is -9.50. The van der Waals surface area contributed by atoms with Crippen LogP contribution in [0.3, 0.4) is 0 Å². The van der Waals surface area contributed by atoms with Crippen LogP contribution in [0.2, 0.25) is 0 Å². The van der Waals surface area contributed by atoms with E-state index in [0.29, 0.717) is 0 Å². The summed E-state index contributed by atoms with van der Waals surface area (Å²) in [6.45, 7) is 0. The molecule has 0 aliphatic rings. The van der Waals surface area contributed by atoms with Gasteiger partial charge in [0.05, 0.1) is 11.4 Å². The van der Waals surface area contributed by atoms with Crippen molar-refractivity contribution in [2.45, 2.75) is 0 Å². The zero-order valence-corrected chi connectivity index (χ0v) is 39.6. The second-order valence-corrected chi connectivity index (χ2v) is 18.4. The fourth-order valence-corrected chi connectivity index (χ4v) is 10.8. The lowest BCUT2D eigenvalue weighted by Gasteiger charge is -2.31. The van der Waals surface area contributed by atoms with E-state index in [4.69, 9.17) is 0 Å². The summed E-state index contributed by atoms with van der Waals surface area (Å²) in [5, 5.41) is 7.48. The van der Waals surface area contributed by atoms with Crippen molar-refractivity contribution in [1.82, 2.24) is 0 Å². The van der Waals surface area contributed by atoms with Crippen LogP contribution in [-0.2, 0) is 0 Å². The van der Waals surface area contributed by atoms with E-state index in [1.165, 1.54) is 65.7 Å². The van der Waals surface area contributed by atoms with E-state index in [0.717, 1.165) is 56.4 Å². The average Bonchev–Trinajstić information content (AvgIpc) is 3.47. The van der Waals surface area contributed by atoms with Crippen molar-refractivity contribution in [2.75, 3.05) is 9.80 Å². The summed E-state index contributed by atoms with van der Waals surface area (Å²) in [7, 11) is 0. The SMILES string of the molecule is c1ccc(-c2ccc(N(c3ccccc3)c3ccc4ccc5c(-c6ccc(N(c7ccccc7)c7c(-c8ccccc8)cc(-c8ccccc8)cc7-c7ccccc7)cc6)ccc6ccc3c4c65)cc2)cc1. The first-order chi connectivity index (χ1) is 35.7. The molecule has 0 aliphatic carbocycles. The van der Waals surface area contributed by atoms with E-state index in [9.17, 15) is 0 Å². The van der Waals surface area contributed by atoms with Crippen molar-refractivity contribution in [3.63, 3.8) is 0 Å². The number of nitrogens with zero attached hydrogens (tertiary/aromatic N) is 2. The third-order valence-corrected chi connectivity index (χ3v) is 14.2. The van der Waals surface area contributed by atoms with E-state index in [-0.39, 0.29) is 0 Å². The second-order valence-electron chi connectivity index (χ2n) is 18.4. The lowest BCUT2D eigenvalue weighted by molar-refractivity contribution is 1.28. The van der Waals surface area contributed by atoms with Gasteiger partial charge in [-0.1, -0.05) is 224 Å². The van der Waals surface area contributed by atoms with E-state index < -0.39 is 0 Å². The van der Waals surface area contributed by atoms with Gasteiger partial charge in [-0.25, -0.2) is 0 Å². The molecule has 0 saturated carbocycles. The third kappa shape index (κ3) is 7.73. The summed E-state index contributed by atoms with van der Waals surface area (Å²) >= 11 is 0. The van der Waals surface area contributed by atoms with Crippen LogP contribution in [0.4, 0.5) is 34.1 Å². The fourth-order valence-electron chi connectivity index (χ4n) is 10.8. The number of anilines is 6. The molecule has 72 heavy (non-hydrogen) atoms. The van der Waals surface area contributed by atoms with Gasteiger partial charge in [0.1, 0.15) is 0 Å². The summed E-state index contributed by atoms with van der Waals surface area (Å²) in [4.78, 5) is 4.85. The molecule has 0 aliphatic heterocycles. The molecule has 0 aromatic heterocycles. The molecule has 0 spiro atoms. The van der Waals surface area contributed by atoms with Gasteiger partial charge in [-0.15, -0.1) is 0 Å². The molecule has 0 saturated heterocycles. The molecule has 2 heteroatoms. The van der Waals surface area contributed by atoms with Gasteiger partial charge in [-0.3, -0.25) is 0 Å². The van der Waals surface area contributed by atoms with Crippen molar-refractivity contribution in [1.29, 1.82) is 0 Å². The summed E-state index contributed by atoms with van der Waals surface area (Å²) in [5.74, 6) is 0. The van der Waals surface area contributed by atoms with Crippen LogP contribution in [0.15, 0.2) is 291 Å². The van der Waals surface area contributed by atoms with Crippen molar-refractivity contribution >= 4 is 66.4 Å². The van der Waals surface area contributed by atoms with Crippen LogP contribution in [-0.4, -0.2) is 0 Å². The van der Waals surface area contributed by atoms with Crippen molar-refractivity contribution in [3.05, 3.63) is 291 Å². The number of rotatable bonds is 11. The minimum Gasteiger partial charge on any atom is -0.310 e. The maximum Gasteiger partial charge on any atom is 0.0618 e. The summed E-state index contributed by atoms with van der Waals surface area (Å²) in [5.41, 5.74) is 18.4. The molecule has 0 bridgehead atoms. The van der Waals surface area contributed by atoms with Crippen LogP contribution in [0.25, 0.3) is 88.0 Å². The largest absolute Gasteiger partial charge is 0.310 e. The zero-order chi connectivity index (χ0) is 47.8. The number of benzene rings is 13. The van der Waals surface area contributed by atoms with Gasteiger partial charge in [-0.2, -0.15) is 0 Å². The Morgan fingerprint density at radius 1 is 0.208 bits per heavy atom. The highest BCUT2D eigenvalue weighted by atomic mass is 15.2. The van der Waals surface area contributed by atoms with Crippen LogP contribution in [0.1, 0.15) is 0 Å². The molecule has 0 heterocycles. The van der Waals surface area contributed by atoms with Gasteiger partial charge < -0.3 is 9.80 Å². The predicted molar refractivity (Wildman–Crippen MR) is 307 cm³/mol. The van der Waals surface area contributed by atoms with Crippen LogP contribution in [0.5, 0.6) is 0 Å². The van der Waals surface area contributed by atoms with E-state index in [1.54, 1.807) is 0 Å². The Balaban J connectivity index is 0.958. The molecule has 0 unspecified atom stereocenters. The quantitative estimate of drug-likeness (QED) is 0.119. The van der Waals surface area contributed by atoms with Crippen LogP contribution < -0.4 is 9.80 Å². The normalized spacial score (nSPS) is 11.3. The third-order valence-electron chi connectivity index (χ3n) is 14.2. The average molecular weight is 917 g/mol. The monoisotopic (exact) mass is 916 g/mol. The summed E-state index contributed by atoms with van der Waals surface area (Å²) in [6.07, 6.45) is 0. The van der Waals surface area contributed by atoms with Gasteiger partial charge in [-0.05, 0) is 138 Å². The Morgan fingerprint density at radius 2 is 0.556 bits per heavy atom. The molecule has 2 nitrogen and oxygen atoms in total. The lowest BCUT2D eigenvalue weighted by Crippen LogP contribution is -2.13. The second kappa shape index (κ2) is 18.4. The topological polar surface area (TPSA) is 6.48 Å². The molecule has 0 radical (unpaired) electrons. The van der Waals surface area contributed by atoms with Gasteiger partial charge in [0.15, 0.2) is 0 Å². The molecule has 338 valence electrons. The molecule has 13 rings (SSSR count). The minimum absolute atomic E-state index is 1.08. The summed E-state index contributed by atoms with van der Waals surface area (Å²) < 4.78 is 0. The highest BCUT2D eigenvalue weighted by Gasteiger charge is 2.25. The molecule has 0 amide bonds. The van der Waals surface area contributed by atoms with Crippen LogP contribution >= 0.6 is 0 Å². The van der Waals surface area contributed by atoms with Crippen molar-refractivity contribution < 1.29 is 0 Å². The van der Waals surface area contributed by atoms with Crippen molar-refractivity contribution in [2.24, 2.45) is 0 Å². The maximum atomic E-state index is 2.45. The lowest BCUT2D eigenvalue weighted by atomic mass is 9.88. The van der Waals surface area contributed by atoms with Gasteiger partial charge in [0.2, 0.25) is 0 Å². The zero-order valence-electron chi connectivity index (χ0n) is 39.6. The van der Waals surface area contributed by atoms with Gasteiger partial charge in [0.25, 0.3) is 0 Å². The van der Waals surface area contributed by atoms with Crippen LogP contribution in [0, 0.1) is 0 Å².